The van der Waals surface area contributed by atoms with Crippen LogP contribution in [0.15, 0.2) is 59.8 Å². The van der Waals surface area contributed by atoms with Gasteiger partial charge in [0.25, 0.3) is 0 Å². The van der Waals surface area contributed by atoms with E-state index in [4.69, 9.17) is 4.74 Å². The molecule has 150 valence electrons. The fraction of sp³-hybridized carbons (Fsp3) is 0.360. The van der Waals surface area contributed by atoms with E-state index in [9.17, 15) is 9.59 Å². The molecular weight excluding hydrogens is 362 g/mol. The first-order valence-electron chi connectivity index (χ1n) is 10.3. The standard InChI is InChI=1S/C25H27NO3/c1-15(2)29-20-10-8-18(9-11-20)21-14-24(28)26-22-12-19(13-23(27)25(21)22)17-6-4-16(3)5-7-17/h4-11,15,19,21H,12-14H2,1-3H3,(H,26,28). The maximum atomic E-state index is 13.1. The fourth-order valence-electron chi connectivity index (χ4n) is 4.37. The van der Waals surface area contributed by atoms with Crippen molar-refractivity contribution in [2.45, 2.75) is 58.0 Å². The molecule has 1 heterocycles. The van der Waals surface area contributed by atoms with Crippen molar-refractivity contribution in [1.82, 2.24) is 5.32 Å². The molecule has 0 aromatic heterocycles. The molecular formula is C25H27NO3. The molecule has 1 aliphatic carbocycles. The highest BCUT2D eigenvalue weighted by atomic mass is 16.5. The zero-order valence-corrected chi connectivity index (χ0v) is 17.2. The summed E-state index contributed by atoms with van der Waals surface area (Å²) in [6, 6.07) is 16.1. The smallest absolute Gasteiger partial charge is 0.225 e. The van der Waals surface area contributed by atoms with Crippen LogP contribution in [0, 0.1) is 6.92 Å². The second-order valence-electron chi connectivity index (χ2n) is 8.37. The molecule has 29 heavy (non-hydrogen) atoms. The molecule has 4 heteroatoms. The molecule has 0 saturated heterocycles. The lowest BCUT2D eigenvalue weighted by Gasteiger charge is -2.34. The first-order valence-corrected chi connectivity index (χ1v) is 10.3. The van der Waals surface area contributed by atoms with Crippen LogP contribution in [-0.2, 0) is 9.59 Å². The summed E-state index contributed by atoms with van der Waals surface area (Å²) in [5, 5.41) is 2.99. The van der Waals surface area contributed by atoms with Gasteiger partial charge in [0.15, 0.2) is 5.78 Å². The maximum Gasteiger partial charge on any atom is 0.225 e. The van der Waals surface area contributed by atoms with Crippen LogP contribution in [0.4, 0.5) is 0 Å². The Morgan fingerprint density at radius 3 is 2.21 bits per heavy atom. The van der Waals surface area contributed by atoms with Gasteiger partial charge in [0.1, 0.15) is 5.75 Å². The first kappa shape index (κ1) is 19.4. The van der Waals surface area contributed by atoms with E-state index in [1.54, 1.807) is 0 Å². The third-order valence-corrected chi connectivity index (χ3v) is 5.74. The highest BCUT2D eigenvalue weighted by Gasteiger charge is 2.38. The van der Waals surface area contributed by atoms with Gasteiger partial charge in [-0.05, 0) is 56.4 Å². The predicted octanol–water partition coefficient (Wildman–Crippen LogP) is 4.79. The normalized spacial score (nSPS) is 21.8. The van der Waals surface area contributed by atoms with Crippen molar-refractivity contribution in [3.8, 4) is 5.75 Å². The first-order chi connectivity index (χ1) is 13.9. The van der Waals surface area contributed by atoms with Gasteiger partial charge in [-0.2, -0.15) is 0 Å². The number of nitrogens with one attached hydrogen (secondary N) is 1. The van der Waals surface area contributed by atoms with Gasteiger partial charge in [0.2, 0.25) is 5.91 Å². The van der Waals surface area contributed by atoms with Crippen molar-refractivity contribution < 1.29 is 14.3 Å². The zero-order chi connectivity index (χ0) is 20.5. The highest BCUT2D eigenvalue weighted by molar-refractivity contribution is 6.02. The quantitative estimate of drug-likeness (QED) is 0.818. The Balaban J connectivity index is 1.63. The second-order valence-corrected chi connectivity index (χ2v) is 8.37. The maximum absolute atomic E-state index is 13.1. The number of carbonyl (C=O) groups excluding carboxylic acids is 2. The predicted molar refractivity (Wildman–Crippen MR) is 113 cm³/mol. The third kappa shape index (κ3) is 4.12. The number of allylic oxidation sites excluding steroid dienone is 2. The Labute approximate surface area is 172 Å². The average Bonchev–Trinajstić information content (AvgIpc) is 2.67. The van der Waals surface area contributed by atoms with Crippen molar-refractivity contribution in [3.05, 3.63) is 76.5 Å². The van der Waals surface area contributed by atoms with E-state index in [1.165, 1.54) is 5.56 Å². The molecule has 4 rings (SSSR count). The van der Waals surface area contributed by atoms with E-state index in [0.717, 1.165) is 28.1 Å². The van der Waals surface area contributed by atoms with Gasteiger partial charge in [-0.25, -0.2) is 0 Å². The van der Waals surface area contributed by atoms with E-state index in [0.29, 0.717) is 19.3 Å². The van der Waals surface area contributed by atoms with Crippen LogP contribution in [0.1, 0.15) is 61.6 Å². The molecule has 4 nitrogen and oxygen atoms in total. The minimum Gasteiger partial charge on any atom is -0.491 e. The molecule has 2 aromatic carbocycles. The minimum absolute atomic E-state index is 0.0198. The lowest BCUT2D eigenvalue weighted by molar-refractivity contribution is -0.122. The van der Waals surface area contributed by atoms with Crippen molar-refractivity contribution in [2.75, 3.05) is 0 Å². The molecule has 1 amide bonds. The molecule has 0 fully saturated rings. The number of amides is 1. The number of aryl methyl sites for hydroxylation is 1. The van der Waals surface area contributed by atoms with Crippen molar-refractivity contribution in [2.24, 2.45) is 0 Å². The Hall–Kier alpha value is -2.88. The van der Waals surface area contributed by atoms with Gasteiger partial charge < -0.3 is 10.1 Å². The van der Waals surface area contributed by atoms with Crippen LogP contribution in [-0.4, -0.2) is 17.8 Å². The topological polar surface area (TPSA) is 55.4 Å². The lowest BCUT2D eigenvalue weighted by Crippen LogP contribution is -2.38. The monoisotopic (exact) mass is 389 g/mol. The van der Waals surface area contributed by atoms with E-state index in [1.807, 2.05) is 38.1 Å². The number of carbonyl (C=O) groups is 2. The van der Waals surface area contributed by atoms with Crippen molar-refractivity contribution in [1.29, 1.82) is 0 Å². The number of benzene rings is 2. The summed E-state index contributed by atoms with van der Waals surface area (Å²) in [5.41, 5.74) is 4.93. The molecule has 0 bridgehead atoms. The lowest BCUT2D eigenvalue weighted by atomic mass is 9.73. The van der Waals surface area contributed by atoms with Gasteiger partial charge in [-0.15, -0.1) is 0 Å². The van der Waals surface area contributed by atoms with E-state index in [2.05, 4.69) is 36.5 Å². The summed E-state index contributed by atoms with van der Waals surface area (Å²) in [7, 11) is 0. The Morgan fingerprint density at radius 2 is 1.55 bits per heavy atom. The molecule has 2 atom stereocenters. The van der Waals surface area contributed by atoms with E-state index in [-0.39, 0.29) is 29.6 Å². The zero-order valence-electron chi connectivity index (χ0n) is 17.2. The number of ether oxygens (including phenoxy) is 1. The fourth-order valence-corrected chi connectivity index (χ4v) is 4.37. The third-order valence-electron chi connectivity index (χ3n) is 5.74. The SMILES string of the molecule is Cc1ccc(C2CC(=O)C3=C(C2)NC(=O)CC3c2ccc(OC(C)C)cc2)cc1. The van der Waals surface area contributed by atoms with E-state index < -0.39 is 0 Å². The van der Waals surface area contributed by atoms with Crippen molar-refractivity contribution >= 4 is 11.7 Å². The minimum atomic E-state index is -0.182. The summed E-state index contributed by atoms with van der Waals surface area (Å²) < 4.78 is 5.72. The molecule has 2 aliphatic rings. The Kier molecular flexibility index (Phi) is 5.27. The van der Waals surface area contributed by atoms with Crippen LogP contribution in [0.2, 0.25) is 0 Å². The number of hydrogen-bond acceptors (Lipinski definition) is 3. The Morgan fingerprint density at radius 1 is 0.897 bits per heavy atom. The van der Waals surface area contributed by atoms with Gasteiger partial charge >= 0.3 is 0 Å². The molecule has 0 radical (unpaired) electrons. The van der Waals surface area contributed by atoms with Gasteiger partial charge in [-0.1, -0.05) is 42.0 Å². The van der Waals surface area contributed by atoms with Crippen molar-refractivity contribution in [3.63, 3.8) is 0 Å². The van der Waals surface area contributed by atoms with E-state index >= 15 is 0 Å². The van der Waals surface area contributed by atoms with Gasteiger partial charge in [0.05, 0.1) is 6.10 Å². The molecule has 1 aliphatic heterocycles. The summed E-state index contributed by atoms with van der Waals surface area (Å²) in [4.78, 5) is 25.6. The molecule has 2 aromatic rings. The summed E-state index contributed by atoms with van der Waals surface area (Å²) in [6.45, 7) is 6.03. The summed E-state index contributed by atoms with van der Waals surface area (Å²) in [5.74, 6) is 0.853. The van der Waals surface area contributed by atoms with Crippen LogP contribution < -0.4 is 10.1 Å². The van der Waals surface area contributed by atoms with Crippen LogP contribution >= 0.6 is 0 Å². The van der Waals surface area contributed by atoms with Gasteiger partial charge in [-0.3, -0.25) is 9.59 Å². The second kappa shape index (κ2) is 7.86. The van der Waals surface area contributed by atoms with Crippen LogP contribution in [0.25, 0.3) is 0 Å². The van der Waals surface area contributed by atoms with Crippen LogP contribution in [0.5, 0.6) is 5.75 Å². The number of rotatable bonds is 4. The average molecular weight is 389 g/mol. The molecule has 1 N–H and O–H groups in total. The van der Waals surface area contributed by atoms with Gasteiger partial charge in [0, 0.05) is 30.0 Å². The Bertz CT molecular complexity index is 955. The number of ketones is 1. The molecule has 0 spiro atoms. The van der Waals surface area contributed by atoms with Crippen LogP contribution in [0.3, 0.4) is 0 Å². The largest absolute Gasteiger partial charge is 0.491 e. The molecule has 2 unspecified atom stereocenters. The number of hydrogen-bond donors (Lipinski definition) is 1. The molecule has 0 saturated carbocycles. The summed E-state index contributed by atoms with van der Waals surface area (Å²) >= 11 is 0. The number of Topliss-reactive ketones (excluding diaryl/α,β-unsaturated/α-hetero) is 1. The highest BCUT2D eigenvalue weighted by Crippen LogP contribution is 2.42. The summed E-state index contributed by atoms with van der Waals surface area (Å²) in [6.07, 6.45) is 1.60.